The third-order valence-electron chi connectivity index (χ3n) is 3.79. The smallest absolute Gasteiger partial charge is 0.118 e. The monoisotopic (exact) mass is 288 g/mol. The van der Waals surface area contributed by atoms with E-state index in [9.17, 15) is 0 Å². The molecular formula is C16H17ClN2O. The Bertz CT molecular complexity index is 663. The summed E-state index contributed by atoms with van der Waals surface area (Å²) in [6.45, 7) is 6.01. The highest BCUT2D eigenvalue weighted by Gasteiger charge is 2.19. The average molecular weight is 289 g/mol. The topological polar surface area (TPSA) is 25.4 Å². The van der Waals surface area contributed by atoms with Crippen LogP contribution in [0, 0.1) is 0 Å². The minimum atomic E-state index is 0.652. The van der Waals surface area contributed by atoms with Gasteiger partial charge in [0, 0.05) is 30.2 Å². The van der Waals surface area contributed by atoms with Crippen molar-refractivity contribution in [3.63, 3.8) is 0 Å². The lowest BCUT2D eigenvalue weighted by Gasteiger charge is -2.21. The number of anilines is 1. The maximum absolute atomic E-state index is 6.39. The van der Waals surface area contributed by atoms with Gasteiger partial charge in [-0.05, 0) is 31.0 Å². The normalized spacial score (nSPS) is 14.8. The molecule has 1 aromatic heterocycles. The molecule has 2 heterocycles. The fourth-order valence-electron chi connectivity index (χ4n) is 2.71. The van der Waals surface area contributed by atoms with Crippen molar-refractivity contribution in [2.45, 2.75) is 12.8 Å². The second-order valence-electron chi connectivity index (χ2n) is 5.01. The molecule has 1 fully saturated rings. The first-order valence-corrected chi connectivity index (χ1v) is 7.15. The molecule has 1 aliphatic heterocycles. The first kappa shape index (κ1) is 13.3. The molecule has 1 aromatic carbocycles. The van der Waals surface area contributed by atoms with E-state index < -0.39 is 0 Å². The van der Waals surface area contributed by atoms with Crippen LogP contribution in [0.2, 0.25) is 5.02 Å². The number of methoxy groups -OCH3 is 1. The highest BCUT2D eigenvalue weighted by molar-refractivity contribution is 6.34. The van der Waals surface area contributed by atoms with Crippen LogP contribution in [0.4, 0.5) is 5.69 Å². The van der Waals surface area contributed by atoms with Gasteiger partial charge in [-0.15, -0.1) is 0 Å². The molecule has 0 bridgehead atoms. The number of fused-ring (bicyclic) bond motifs is 1. The van der Waals surface area contributed by atoms with Crippen LogP contribution in [0.15, 0.2) is 31.0 Å². The van der Waals surface area contributed by atoms with Crippen molar-refractivity contribution in [1.82, 2.24) is 4.98 Å². The maximum atomic E-state index is 6.39. The third kappa shape index (κ3) is 2.22. The Labute approximate surface area is 123 Å². The number of nitrogens with zero attached hydrogens (tertiary/aromatic N) is 2. The lowest BCUT2D eigenvalue weighted by molar-refractivity contribution is 0.371. The van der Waals surface area contributed by atoms with Crippen molar-refractivity contribution >= 4 is 34.0 Å². The Morgan fingerprint density at radius 3 is 2.80 bits per heavy atom. The van der Waals surface area contributed by atoms with E-state index in [1.54, 1.807) is 13.3 Å². The van der Waals surface area contributed by atoms with E-state index in [-0.39, 0.29) is 0 Å². The van der Waals surface area contributed by atoms with Gasteiger partial charge in [-0.1, -0.05) is 18.2 Å². The van der Waals surface area contributed by atoms with Gasteiger partial charge < -0.3 is 9.64 Å². The lowest BCUT2D eigenvalue weighted by atomic mass is 10.1. The highest BCUT2D eigenvalue weighted by Crippen LogP contribution is 2.36. The zero-order valence-corrected chi connectivity index (χ0v) is 12.3. The number of benzene rings is 1. The number of rotatable bonds is 3. The molecule has 0 radical (unpaired) electrons. The fourth-order valence-corrected chi connectivity index (χ4v) is 2.98. The van der Waals surface area contributed by atoms with E-state index in [0.29, 0.717) is 10.8 Å². The zero-order valence-electron chi connectivity index (χ0n) is 11.5. The molecule has 0 amide bonds. The predicted octanol–water partition coefficient (Wildman–Crippen LogP) is 4.11. The fraction of sp³-hybridized carbons (Fsp3) is 0.312. The molecule has 0 saturated carbocycles. The van der Waals surface area contributed by atoms with Gasteiger partial charge in [-0.3, -0.25) is 4.98 Å². The van der Waals surface area contributed by atoms with E-state index in [0.717, 1.165) is 35.2 Å². The third-order valence-corrected chi connectivity index (χ3v) is 4.06. The molecule has 0 unspecified atom stereocenters. The minimum absolute atomic E-state index is 0.652. The van der Waals surface area contributed by atoms with Crippen LogP contribution in [0.5, 0.6) is 0 Å². The molecule has 1 aliphatic rings. The maximum Gasteiger partial charge on any atom is 0.118 e. The summed E-state index contributed by atoms with van der Waals surface area (Å²) in [4.78, 5) is 6.75. The van der Waals surface area contributed by atoms with Crippen LogP contribution < -0.4 is 4.90 Å². The first-order chi connectivity index (χ1) is 9.70. The van der Waals surface area contributed by atoms with Crippen LogP contribution in [0.1, 0.15) is 18.4 Å². The van der Waals surface area contributed by atoms with E-state index in [2.05, 4.69) is 22.5 Å². The molecule has 0 spiro atoms. The number of hydrogen-bond donors (Lipinski definition) is 0. The van der Waals surface area contributed by atoms with Gasteiger partial charge in [0.05, 0.1) is 23.3 Å². The predicted molar refractivity (Wildman–Crippen MR) is 84.2 cm³/mol. The SMILES string of the molecule is C=C(OC)c1ccc2ncc(Cl)c(N3CCCC3)c2c1. The summed E-state index contributed by atoms with van der Waals surface area (Å²) >= 11 is 6.39. The summed E-state index contributed by atoms with van der Waals surface area (Å²) in [6.07, 6.45) is 4.16. The van der Waals surface area contributed by atoms with Crippen LogP contribution >= 0.6 is 11.6 Å². The van der Waals surface area contributed by atoms with Gasteiger partial charge in [-0.25, -0.2) is 0 Å². The molecule has 104 valence electrons. The minimum Gasteiger partial charge on any atom is -0.497 e. The van der Waals surface area contributed by atoms with E-state index in [1.807, 2.05) is 12.1 Å². The van der Waals surface area contributed by atoms with Gasteiger partial charge >= 0.3 is 0 Å². The zero-order chi connectivity index (χ0) is 14.1. The van der Waals surface area contributed by atoms with Crippen LogP contribution in [0.3, 0.4) is 0 Å². The summed E-state index contributed by atoms with van der Waals surface area (Å²) in [5, 5.41) is 1.77. The molecule has 3 nitrogen and oxygen atoms in total. The van der Waals surface area contributed by atoms with Gasteiger partial charge in [0.1, 0.15) is 5.76 Å². The van der Waals surface area contributed by atoms with Crippen molar-refractivity contribution in [3.8, 4) is 0 Å². The van der Waals surface area contributed by atoms with Gasteiger partial charge in [0.25, 0.3) is 0 Å². The molecule has 0 atom stereocenters. The molecule has 20 heavy (non-hydrogen) atoms. The quantitative estimate of drug-likeness (QED) is 0.795. The summed E-state index contributed by atoms with van der Waals surface area (Å²) in [5.74, 6) is 0.652. The molecule has 2 aromatic rings. The molecule has 0 N–H and O–H groups in total. The molecule has 0 aliphatic carbocycles. The Kier molecular flexibility index (Phi) is 3.53. The lowest BCUT2D eigenvalue weighted by Crippen LogP contribution is -2.18. The van der Waals surface area contributed by atoms with Crippen molar-refractivity contribution in [2.75, 3.05) is 25.1 Å². The number of hydrogen-bond acceptors (Lipinski definition) is 3. The first-order valence-electron chi connectivity index (χ1n) is 6.77. The standard InChI is InChI=1S/C16H17ClN2O/c1-11(20-2)12-5-6-15-13(9-12)16(14(17)10-18-15)19-7-3-4-8-19/h5-6,9-10H,1,3-4,7-8H2,2H3. The van der Waals surface area contributed by atoms with Crippen molar-refractivity contribution in [1.29, 1.82) is 0 Å². The highest BCUT2D eigenvalue weighted by atomic mass is 35.5. The van der Waals surface area contributed by atoms with Crippen LogP contribution in [0.25, 0.3) is 16.7 Å². The number of ether oxygens (including phenoxy) is 1. The van der Waals surface area contributed by atoms with Crippen molar-refractivity contribution in [3.05, 3.63) is 41.6 Å². The van der Waals surface area contributed by atoms with Crippen molar-refractivity contribution in [2.24, 2.45) is 0 Å². The Balaban J connectivity index is 2.19. The molecule has 4 heteroatoms. The summed E-state index contributed by atoms with van der Waals surface area (Å²) in [5.41, 5.74) is 2.99. The van der Waals surface area contributed by atoms with E-state index >= 15 is 0 Å². The Hall–Kier alpha value is -1.74. The molecular weight excluding hydrogens is 272 g/mol. The van der Waals surface area contributed by atoms with Crippen LogP contribution in [-0.2, 0) is 4.74 Å². The van der Waals surface area contributed by atoms with Gasteiger partial charge in [0.2, 0.25) is 0 Å². The number of aromatic nitrogens is 1. The Morgan fingerprint density at radius 1 is 1.35 bits per heavy atom. The number of pyridine rings is 1. The second-order valence-corrected chi connectivity index (χ2v) is 5.42. The average Bonchev–Trinajstić information content (AvgIpc) is 2.99. The Morgan fingerprint density at radius 2 is 2.10 bits per heavy atom. The van der Waals surface area contributed by atoms with E-state index in [1.165, 1.54) is 12.8 Å². The molecule has 1 saturated heterocycles. The largest absolute Gasteiger partial charge is 0.497 e. The molecule has 3 rings (SSSR count). The van der Waals surface area contributed by atoms with Gasteiger partial charge in [-0.2, -0.15) is 0 Å². The summed E-state index contributed by atoms with van der Waals surface area (Å²) in [6, 6.07) is 6.03. The number of halogens is 1. The summed E-state index contributed by atoms with van der Waals surface area (Å²) < 4.78 is 5.22. The second kappa shape index (κ2) is 5.33. The van der Waals surface area contributed by atoms with Crippen molar-refractivity contribution < 1.29 is 4.74 Å². The van der Waals surface area contributed by atoms with E-state index in [4.69, 9.17) is 16.3 Å². The van der Waals surface area contributed by atoms with Crippen LogP contribution in [-0.4, -0.2) is 25.2 Å². The summed E-state index contributed by atoms with van der Waals surface area (Å²) in [7, 11) is 1.63. The van der Waals surface area contributed by atoms with Gasteiger partial charge in [0.15, 0.2) is 0 Å².